The van der Waals surface area contributed by atoms with Gasteiger partial charge in [-0.1, -0.05) is 26.2 Å². The third-order valence-corrected chi connectivity index (χ3v) is 5.01. The molecule has 3 nitrogen and oxygen atoms in total. The van der Waals surface area contributed by atoms with Crippen LogP contribution in [0.4, 0.5) is 0 Å². The number of hydrogen-bond acceptors (Lipinski definition) is 2. The van der Waals surface area contributed by atoms with E-state index in [1.165, 1.54) is 19.3 Å². The van der Waals surface area contributed by atoms with Crippen molar-refractivity contribution in [2.45, 2.75) is 76.8 Å². The zero-order chi connectivity index (χ0) is 13.2. The molecule has 2 fully saturated rings. The van der Waals surface area contributed by atoms with Crippen LogP contribution in [-0.2, 0) is 4.79 Å². The van der Waals surface area contributed by atoms with Crippen molar-refractivity contribution in [3.63, 3.8) is 0 Å². The number of rotatable bonds is 2. The van der Waals surface area contributed by atoms with E-state index >= 15 is 0 Å². The molecule has 104 valence electrons. The Kier molecular flexibility index (Phi) is 4.31. The number of nitrogens with two attached hydrogens (primary N) is 1. The van der Waals surface area contributed by atoms with Crippen LogP contribution in [0.5, 0.6) is 0 Å². The van der Waals surface area contributed by atoms with E-state index in [-0.39, 0.29) is 23.4 Å². The van der Waals surface area contributed by atoms with Crippen molar-refractivity contribution in [1.29, 1.82) is 0 Å². The molecule has 0 heterocycles. The summed E-state index contributed by atoms with van der Waals surface area (Å²) in [6, 6.07) is 0.202. The number of carbonyl (C=O) groups is 1. The number of hydrogen-bond donors (Lipinski definition) is 2. The molecule has 1 amide bonds. The van der Waals surface area contributed by atoms with E-state index < -0.39 is 0 Å². The number of nitrogens with one attached hydrogen (secondary N) is 1. The Balaban J connectivity index is 1.87. The molecule has 0 saturated heterocycles. The summed E-state index contributed by atoms with van der Waals surface area (Å²) in [4.78, 5) is 12.4. The SMILES string of the molecule is CC1CCC(C(=O)NC2(C)CCCCC2)CC1N. The fourth-order valence-electron chi connectivity index (χ4n) is 3.45. The molecule has 2 aliphatic carbocycles. The minimum Gasteiger partial charge on any atom is -0.351 e. The number of carbonyl (C=O) groups excluding carboxylic acids is 1. The van der Waals surface area contributed by atoms with Gasteiger partial charge in [-0.2, -0.15) is 0 Å². The zero-order valence-corrected chi connectivity index (χ0v) is 11.9. The fraction of sp³-hybridized carbons (Fsp3) is 0.933. The van der Waals surface area contributed by atoms with Crippen molar-refractivity contribution in [2.24, 2.45) is 17.6 Å². The van der Waals surface area contributed by atoms with Gasteiger partial charge in [-0.25, -0.2) is 0 Å². The average molecular weight is 252 g/mol. The normalized spacial score (nSPS) is 36.1. The van der Waals surface area contributed by atoms with E-state index in [1.54, 1.807) is 0 Å². The molecule has 3 unspecified atom stereocenters. The standard InChI is InChI=1S/C15H28N2O/c1-11-6-7-12(10-13(11)16)14(18)17-15(2)8-4-3-5-9-15/h11-13H,3-10,16H2,1-2H3,(H,17,18). The first-order valence-electron chi connectivity index (χ1n) is 7.58. The zero-order valence-electron chi connectivity index (χ0n) is 11.9. The Morgan fingerprint density at radius 1 is 1.22 bits per heavy atom. The van der Waals surface area contributed by atoms with Crippen LogP contribution in [0.3, 0.4) is 0 Å². The molecule has 2 saturated carbocycles. The highest BCUT2D eigenvalue weighted by atomic mass is 16.2. The summed E-state index contributed by atoms with van der Waals surface area (Å²) in [5, 5.41) is 3.31. The molecule has 3 N–H and O–H groups in total. The monoisotopic (exact) mass is 252 g/mol. The average Bonchev–Trinajstić information content (AvgIpc) is 2.33. The van der Waals surface area contributed by atoms with Gasteiger partial charge in [0.05, 0.1) is 0 Å². The molecule has 0 radical (unpaired) electrons. The van der Waals surface area contributed by atoms with E-state index in [9.17, 15) is 4.79 Å². The van der Waals surface area contributed by atoms with E-state index in [4.69, 9.17) is 5.73 Å². The summed E-state index contributed by atoms with van der Waals surface area (Å²) in [6.45, 7) is 4.40. The Hall–Kier alpha value is -0.570. The maximum atomic E-state index is 12.4. The molecule has 0 aromatic rings. The first kappa shape index (κ1) is 13.9. The Bertz CT molecular complexity index is 297. The van der Waals surface area contributed by atoms with Gasteiger partial charge in [0.25, 0.3) is 0 Å². The van der Waals surface area contributed by atoms with Gasteiger partial charge >= 0.3 is 0 Å². The molecule has 0 bridgehead atoms. The van der Waals surface area contributed by atoms with Crippen molar-refractivity contribution in [2.75, 3.05) is 0 Å². The largest absolute Gasteiger partial charge is 0.351 e. The van der Waals surface area contributed by atoms with Crippen molar-refractivity contribution < 1.29 is 4.79 Å². The van der Waals surface area contributed by atoms with Crippen LogP contribution >= 0.6 is 0 Å². The first-order valence-corrected chi connectivity index (χ1v) is 7.58. The second-order valence-corrected chi connectivity index (χ2v) is 6.76. The lowest BCUT2D eigenvalue weighted by Crippen LogP contribution is -2.51. The fourth-order valence-corrected chi connectivity index (χ4v) is 3.45. The molecule has 2 rings (SSSR count). The lowest BCUT2D eigenvalue weighted by atomic mass is 9.78. The lowest BCUT2D eigenvalue weighted by molar-refractivity contribution is -0.128. The van der Waals surface area contributed by atoms with Crippen LogP contribution in [-0.4, -0.2) is 17.5 Å². The number of amides is 1. The quantitative estimate of drug-likeness (QED) is 0.793. The molecule has 3 atom stereocenters. The van der Waals surface area contributed by atoms with Crippen LogP contribution in [0.1, 0.15) is 65.2 Å². The maximum absolute atomic E-state index is 12.4. The smallest absolute Gasteiger partial charge is 0.223 e. The minimum absolute atomic E-state index is 0.0441. The third-order valence-electron chi connectivity index (χ3n) is 5.01. The Morgan fingerprint density at radius 2 is 1.89 bits per heavy atom. The van der Waals surface area contributed by atoms with Gasteiger partial charge in [0.15, 0.2) is 0 Å². The third kappa shape index (κ3) is 3.25. The summed E-state index contributed by atoms with van der Waals surface area (Å²) >= 11 is 0. The molecule has 3 heteroatoms. The van der Waals surface area contributed by atoms with Crippen molar-refractivity contribution in [3.05, 3.63) is 0 Å². The maximum Gasteiger partial charge on any atom is 0.223 e. The molecule has 0 aromatic carbocycles. The summed E-state index contributed by atoms with van der Waals surface area (Å²) in [5.41, 5.74) is 6.14. The Morgan fingerprint density at radius 3 is 2.50 bits per heavy atom. The van der Waals surface area contributed by atoms with Gasteiger partial charge in [-0.15, -0.1) is 0 Å². The summed E-state index contributed by atoms with van der Waals surface area (Å²) in [5.74, 6) is 0.969. The van der Waals surface area contributed by atoms with Crippen molar-refractivity contribution >= 4 is 5.91 Å². The molecule has 0 aromatic heterocycles. The lowest BCUT2D eigenvalue weighted by Gasteiger charge is -2.38. The van der Waals surface area contributed by atoms with Crippen LogP contribution in [0.25, 0.3) is 0 Å². The predicted octanol–water partition coefficient (Wildman–Crippen LogP) is 2.59. The van der Waals surface area contributed by atoms with E-state index in [0.29, 0.717) is 5.92 Å². The van der Waals surface area contributed by atoms with E-state index in [1.807, 2.05) is 0 Å². The predicted molar refractivity (Wildman–Crippen MR) is 74.1 cm³/mol. The van der Waals surface area contributed by atoms with Gasteiger partial charge in [0, 0.05) is 17.5 Å². The highest BCUT2D eigenvalue weighted by Crippen LogP contribution is 2.31. The second-order valence-electron chi connectivity index (χ2n) is 6.76. The molecular weight excluding hydrogens is 224 g/mol. The van der Waals surface area contributed by atoms with Gasteiger partial charge in [-0.3, -0.25) is 4.79 Å². The van der Waals surface area contributed by atoms with Crippen LogP contribution in [0.15, 0.2) is 0 Å². The van der Waals surface area contributed by atoms with Crippen LogP contribution in [0.2, 0.25) is 0 Å². The van der Waals surface area contributed by atoms with Gasteiger partial charge in [0.1, 0.15) is 0 Å². The van der Waals surface area contributed by atoms with E-state index in [0.717, 1.165) is 32.1 Å². The molecule has 2 aliphatic rings. The highest BCUT2D eigenvalue weighted by molar-refractivity contribution is 5.79. The van der Waals surface area contributed by atoms with Crippen LogP contribution in [0, 0.1) is 11.8 Å². The van der Waals surface area contributed by atoms with Gasteiger partial charge < -0.3 is 11.1 Å². The second kappa shape index (κ2) is 5.60. The summed E-state index contributed by atoms with van der Waals surface area (Å²) in [7, 11) is 0. The molecule has 18 heavy (non-hydrogen) atoms. The highest BCUT2D eigenvalue weighted by Gasteiger charge is 2.34. The van der Waals surface area contributed by atoms with Gasteiger partial charge in [0.2, 0.25) is 5.91 Å². The minimum atomic E-state index is 0.0441. The Labute approximate surface area is 111 Å². The van der Waals surface area contributed by atoms with Gasteiger partial charge in [-0.05, 0) is 44.9 Å². The molecular formula is C15H28N2O. The summed E-state index contributed by atoms with van der Waals surface area (Å²) < 4.78 is 0. The van der Waals surface area contributed by atoms with Crippen molar-refractivity contribution in [3.8, 4) is 0 Å². The van der Waals surface area contributed by atoms with Crippen LogP contribution < -0.4 is 11.1 Å². The first-order chi connectivity index (χ1) is 8.50. The topological polar surface area (TPSA) is 55.1 Å². The molecule has 0 aliphatic heterocycles. The van der Waals surface area contributed by atoms with E-state index in [2.05, 4.69) is 19.2 Å². The molecule has 0 spiro atoms. The van der Waals surface area contributed by atoms with Crippen molar-refractivity contribution in [1.82, 2.24) is 5.32 Å². The summed E-state index contributed by atoms with van der Waals surface area (Å²) in [6.07, 6.45) is 9.05.